The Labute approximate surface area is 105 Å². The van der Waals surface area contributed by atoms with Crippen molar-refractivity contribution in [1.29, 1.82) is 0 Å². The van der Waals surface area contributed by atoms with Crippen LogP contribution in [0.5, 0.6) is 0 Å². The van der Waals surface area contributed by atoms with Crippen molar-refractivity contribution in [2.75, 3.05) is 5.73 Å². The molecular formula is C13H17F2N3. The van der Waals surface area contributed by atoms with Crippen molar-refractivity contribution in [3.8, 4) is 0 Å². The van der Waals surface area contributed by atoms with Gasteiger partial charge in [-0.15, -0.1) is 0 Å². The Morgan fingerprint density at radius 3 is 2.67 bits per heavy atom. The molecule has 0 aliphatic carbocycles. The minimum absolute atomic E-state index is 0.126. The predicted molar refractivity (Wildman–Crippen MR) is 68.3 cm³/mol. The van der Waals surface area contributed by atoms with Gasteiger partial charge in [0.05, 0.1) is 5.52 Å². The van der Waals surface area contributed by atoms with Crippen molar-refractivity contribution in [2.24, 2.45) is 0 Å². The molecule has 0 aliphatic heterocycles. The first kappa shape index (κ1) is 12.8. The number of anilines is 1. The number of nitrogen functional groups attached to an aromatic ring is 1. The van der Waals surface area contributed by atoms with Crippen LogP contribution in [0.15, 0.2) is 12.1 Å². The first-order valence-corrected chi connectivity index (χ1v) is 6.20. The highest BCUT2D eigenvalue weighted by Crippen LogP contribution is 2.29. The summed E-state index contributed by atoms with van der Waals surface area (Å²) in [6.07, 6.45) is 2.74. The summed E-state index contributed by atoms with van der Waals surface area (Å²) < 4.78 is 28.7. The van der Waals surface area contributed by atoms with Gasteiger partial charge in [0.15, 0.2) is 5.82 Å². The quantitative estimate of drug-likeness (QED) is 0.903. The van der Waals surface area contributed by atoms with Crippen LogP contribution in [-0.2, 0) is 0 Å². The third kappa shape index (κ3) is 2.05. The minimum atomic E-state index is -0.665. The summed E-state index contributed by atoms with van der Waals surface area (Å²) in [5, 5.41) is 0. The lowest BCUT2D eigenvalue weighted by atomic mass is 10.1. The average Bonchev–Trinajstić information content (AvgIpc) is 2.63. The highest BCUT2D eigenvalue weighted by molar-refractivity contribution is 5.79. The molecule has 0 aliphatic rings. The first-order valence-electron chi connectivity index (χ1n) is 6.20. The number of hydrogen-bond acceptors (Lipinski definition) is 2. The normalized spacial score (nSPS) is 13.1. The van der Waals surface area contributed by atoms with Crippen molar-refractivity contribution < 1.29 is 8.78 Å². The van der Waals surface area contributed by atoms with E-state index in [0.717, 1.165) is 25.3 Å². The number of nitrogens with two attached hydrogens (primary N) is 1. The molecular weight excluding hydrogens is 236 g/mol. The first-order chi connectivity index (χ1) is 8.58. The molecule has 0 saturated heterocycles. The van der Waals surface area contributed by atoms with E-state index in [-0.39, 0.29) is 17.5 Å². The molecule has 1 unspecified atom stereocenters. The Morgan fingerprint density at radius 2 is 2.06 bits per heavy atom. The smallest absolute Gasteiger partial charge is 0.201 e. The number of nitrogens with zero attached hydrogens (tertiary/aromatic N) is 2. The lowest BCUT2D eigenvalue weighted by Crippen LogP contribution is -2.11. The zero-order valence-electron chi connectivity index (χ0n) is 10.6. The molecule has 2 aromatic rings. The summed E-state index contributed by atoms with van der Waals surface area (Å²) >= 11 is 0. The molecule has 1 aromatic heterocycles. The van der Waals surface area contributed by atoms with Gasteiger partial charge in [0.1, 0.15) is 11.3 Å². The van der Waals surface area contributed by atoms with Gasteiger partial charge in [-0.2, -0.15) is 0 Å². The largest absolute Gasteiger partial charge is 0.369 e. The van der Waals surface area contributed by atoms with Gasteiger partial charge >= 0.3 is 0 Å². The van der Waals surface area contributed by atoms with Crippen molar-refractivity contribution in [3.63, 3.8) is 0 Å². The lowest BCUT2D eigenvalue weighted by Gasteiger charge is -2.18. The number of rotatable bonds is 4. The number of fused-ring (bicyclic) bond motifs is 1. The van der Waals surface area contributed by atoms with Gasteiger partial charge in [-0.1, -0.05) is 20.3 Å². The maximum Gasteiger partial charge on any atom is 0.201 e. The van der Waals surface area contributed by atoms with E-state index in [9.17, 15) is 8.78 Å². The number of imidazole rings is 1. The van der Waals surface area contributed by atoms with E-state index in [1.54, 1.807) is 4.57 Å². The number of halogens is 2. The van der Waals surface area contributed by atoms with Crippen LogP contribution >= 0.6 is 0 Å². The van der Waals surface area contributed by atoms with Crippen LogP contribution in [0.2, 0.25) is 0 Å². The number of aromatic nitrogens is 2. The maximum absolute atomic E-state index is 13.6. The van der Waals surface area contributed by atoms with Gasteiger partial charge in [0.2, 0.25) is 5.95 Å². The zero-order valence-corrected chi connectivity index (χ0v) is 10.6. The van der Waals surface area contributed by atoms with Crippen LogP contribution in [0.4, 0.5) is 14.7 Å². The van der Waals surface area contributed by atoms with Crippen LogP contribution in [-0.4, -0.2) is 9.55 Å². The molecule has 0 bridgehead atoms. The maximum atomic E-state index is 13.6. The second-order valence-electron chi connectivity index (χ2n) is 4.45. The molecule has 98 valence electrons. The van der Waals surface area contributed by atoms with Crippen LogP contribution in [0.25, 0.3) is 11.0 Å². The van der Waals surface area contributed by atoms with Crippen molar-refractivity contribution >= 4 is 17.0 Å². The minimum Gasteiger partial charge on any atom is -0.369 e. The molecule has 1 aromatic carbocycles. The standard InChI is InChI=1S/C13H17F2N3/c1-3-5-9(4-2)18-11-7-8(14)6-10(15)12(11)17-13(18)16/h6-7,9H,3-5H2,1-2H3,(H2,16,17). The van der Waals surface area contributed by atoms with Gasteiger partial charge in [0, 0.05) is 18.2 Å². The molecule has 2 N–H and O–H groups in total. The summed E-state index contributed by atoms with van der Waals surface area (Å²) in [4.78, 5) is 4.00. The molecule has 1 heterocycles. The van der Waals surface area contributed by atoms with Crippen molar-refractivity contribution in [1.82, 2.24) is 9.55 Å². The van der Waals surface area contributed by atoms with E-state index in [1.165, 1.54) is 6.07 Å². The second kappa shape index (κ2) is 4.92. The van der Waals surface area contributed by atoms with Gasteiger partial charge in [-0.3, -0.25) is 0 Å². The average molecular weight is 253 g/mol. The Hall–Kier alpha value is -1.65. The molecule has 1 atom stereocenters. The Balaban J connectivity index is 2.65. The molecule has 3 nitrogen and oxygen atoms in total. The van der Waals surface area contributed by atoms with Crippen LogP contribution < -0.4 is 5.73 Å². The number of benzene rings is 1. The fraction of sp³-hybridized carbons (Fsp3) is 0.462. The molecule has 5 heteroatoms. The SMILES string of the molecule is CCCC(CC)n1c(N)nc2c(F)cc(F)cc21. The Kier molecular flexibility index (Phi) is 3.50. The van der Waals surface area contributed by atoms with Crippen LogP contribution in [0.1, 0.15) is 39.2 Å². The topological polar surface area (TPSA) is 43.8 Å². The van der Waals surface area contributed by atoms with Crippen LogP contribution in [0, 0.1) is 11.6 Å². The molecule has 18 heavy (non-hydrogen) atoms. The Morgan fingerprint density at radius 1 is 1.33 bits per heavy atom. The van der Waals surface area contributed by atoms with E-state index in [2.05, 4.69) is 11.9 Å². The second-order valence-corrected chi connectivity index (χ2v) is 4.45. The molecule has 0 saturated carbocycles. The van der Waals surface area contributed by atoms with Gasteiger partial charge in [-0.05, 0) is 12.8 Å². The summed E-state index contributed by atoms with van der Waals surface area (Å²) in [5.41, 5.74) is 6.42. The predicted octanol–water partition coefficient (Wildman–Crippen LogP) is 3.65. The summed E-state index contributed by atoms with van der Waals surface area (Å²) in [7, 11) is 0. The zero-order chi connectivity index (χ0) is 13.3. The van der Waals surface area contributed by atoms with E-state index >= 15 is 0 Å². The molecule has 0 radical (unpaired) electrons. The third-order valence-electron chi connectivity index (χ3n) is 3.20. The molecule has 0 spiro atoms. The third-order valence-corrected chi connectivity index (χ3v) is 3.20. The van der Waals surface area contributed by atoms with Gasteiger partial charge < -0.3 is 10.3 Å². The van der Waals surface area contributed by atoms with Crippen LogP contribution in [0.3, 0.4) is 0 Å². The van der Waals surface area contributed by atoms with Gasteiger partial charge in [-0.25, -0.2) is 13.8 Å². The molecule has 0 amide bonds. The fourth-order valence-electron chi connectivity index (χ4n) is 2.37. The fourth-order valence-corrected chi connectivity index (χ4v) is 2.37. The van der Waals surface area contributed by atoms with Crippen molar-refractivity contribution in [3.05, 3.63) is 23.8 Å². The monoisotopic (exact) mass is 253 g/mol. The van der Waals surface area contributed by atoms with E-state index < -0.39 is 11.6 Å². The summed E-state index contributed by atoms with van der Waals surface area (Å²) in [6, 6.07) is 2.25. The van der Waals surface area contributed by atoms with E-state index in [4.69, 9.17) is 5.73 Å². The van der Waals surface area contributed by atoms with E-state index in [0.29, 0.717) is 5.52 Å². The summed E-state index contributed by atoms with van der Waals surface area (Å²) in [6.45, 7) is 4.10. The molecule has 0 fully saturated rings. The highest BCUT2D eigenvalue weighted by atomic mass is 19.1. The Bertz CT molecular complexity index is 563. The number of hydrogen-bond donors (Lipinski definition) is 1. The molecule has 2 rings (SSSR count). The van der Waals surface area contributed by atoms with Gasteiger partial charge in [0.25, 0.3) is 0 Å². The highest BCUT2D eigenvalue weighted by Gasteiger charge is 2.18. The van der Waals surface area contributed by atoms with Crippen molar-refractivity contribution in [2.45, 2.75) is 39.2 Å². The summed E-state index contributed by atoms with van der Waals surface area (Å²) in [5.74, 6) is -1.02. The lowest BCUT2D eigenvalue weighted by molar-refractivity contribution is 0.462. The van der Waals surface area contributed by atoms with E-state index in [1.807, 2.05) is 6.92 Å².